The van der Waals surface area contributed by atoms with Crippen LogP contribution in [0.3, 0.4) is 0 Å². The van der Waals surface area contributed by atoms with Gasteiger partial charge in [-0.05, 0) is 0 Å². The average molecular weight is 295 g/mol. The Bertz CT molecular complexity index is 268. The van der Waals surface area contributed by atoms with Crippen molar-refractivity contribution in [3.63, 3.8) is 0 Å². The van der Waals surface area contributed by atoms with Crippen molar-refractivity contribution in [3.8, 4) is 0 Å². The molecule has 0 atom stereocenters. The first kappa shape index (κ1) is 15.8. The first-order valence-corrected chi connectivity index (χ1v) is 5.18. The molecule has 0 aromatic heterocycles. The van der Waals surface area contributed by atoms with Gasteiger partial charge >= 0.3 is 0 Å². The summed E-state index contributed by atoms with van der Waals surface area (Å²) in [6.07, 6.45) is 19.8. The maximum atomic E-state index is 7.00. The van der Waals surface area contributed by atoms with Crippen LogP contribution in [-0.4, -0.2) is 12.2 Å². The van der Waals surface area contributed by atoms with E-state index in [0.29, 0.717) is 0 Å². The molecule has 0 aliphatic heterocycles. The zero-order chi connectivity index (χ0) is 11.4. The van der Waals surface area contributed by atoms with E-state index in [2.05, 4.69) is 68.9 Å². The Kier molecular flexibility index (Phi) is 6.44. The van der Waals surface area contributed by atoms with Gasteiger partial charge < -0.3 is 11.5 Å². The molecular formula is C14H19OZr-. The minimum Gasteiger partial charge on any atom is -0.400 e. The Morgan fingerprint density at radius 1 is 0.750 bits per heavy atom. The number of allylic oxidation sites excluding steroid dienone is 8. The molecule has 1 nitrogen and oxygen atoms in total. The maximum Gasteiger partial charge on any atom is 0.0319 e. The van der Waals surface area contributed by atoms with Crippen LogP contribution >= 0.6 is 0 Å². The quantitative estimate of drug-likeness (QED) is 0.776. The third-order valence-corrected chi connectivity index (χ3v) is 2.67. The van der Waals surface area contributed by atoms with Crippen molar-refractivity contribution in [1.82, 2.24) is 0 Å². The van der Waals surface area contributed by atoms with Crippen LogP contribution in [0, 0.1) is 17.3 Å². The summed E-state index contributed by atoms with van der Waals surface area (Å²) in [7, 11) is 1.00. The van der Waals surface area contributed by atoms with Crippen LogP contribution in [-0.2, 0) is 26.2 Å². The number of hydrogen-bond donors (Lipinski definition) is 1. The molecule has 2 rings (SSSR count). The monoisotopic (exact) mass is 293 g/mol. The average Bonchev–Trinajstić information content (AvgIpc) is 2.79. The number of aliphatic hydroxyl groups is 1. The SMILES string of the molecule is CC1([CH-]C2(C)C=CC=C2)C=CC=C1.CO.[Zr]. The minimum atomic E-state index is 0. The Hall–Kier alpha value is -0.197. The third-order valence-electron chi connectivity index (χ3n) is 2.67. The van der Waals surface area contributed by atoms with E-state index in [4.69, 9.17) is 5.11 Å². The molecule has 16 heavy (non-hydrogen) atoms. The van der Waals surface area contributed by atoms with Gasteiger partial charge in [0.15, 0.2) is 0 Å². The zero-order valence-corrected chi connectivity index (χ0v) is 12.6. The molecule has 0 spiro atoms. The van der Waals surface area contributed by atoms with E-state index in [9.17, 15) is 0 Å². The first-order valence-electron chi connectivity index (χ1n) is 5.18. The summed E-state index contributed by atoms with van der Waals surface area (Å²) in [5.41, 5.74) is 0.265. The van der Waals surface area contributed by atoms with Gasteiger partial charge in [-0.2, -0.15) is 0 Å². The van der Waals surface area contributed by atoms with Gasteiger partial charge in [0.05, 0.1) is 0 Å². The van der Waals surface area contributed by atoms with E-state index in [0.717, 1.165) is 7.11 Å². The van der Waals surface area contributed by atoms with Gasteiger partial charge in [0.2, 0.25) is 0 Å². The molecule has 0 amide bonds. The van der Waals surface area contributed by atoms with Gasteiger partial charge in [-0.15, -0.1) is 35.1 Å². The second kappa shape index (κ2) is 6.52. The first-order chi connectivity index (χ1) is 7.12. The molecule has 86 valence electrons. The summed E-state index contributed by atoms with van der Waals surface area (Å²) in [5.74, 6) is 0. The van der Waals surface area contributed by atoms with E-state index in [1.807, 2.05) is 0 Å². The van der Waals surface area contributed by atoms with E-state index >= 15 is 0 Å². The van der Waals surface area contributed by atoms with Crippen LogP contribution < -0.4 is 0 Å². The summed E-state index contributed by atoms with van der Waals surface area (Å²) in [6.45, 7) is 4.47. The molecule has 0 aromatic rings. The topological polar surface area (TPSA) is 20.2 Å². The van der Waals surface area contributed by atoms with Gasteiger partial charge in [-0.1, -0.05) is 38.2 Å². The van der Waals surface area contributed by atoms with E-state index in [1.54, 1.807) is 0 Å². The molecule has 2 aliphatic rings. The van der Waals surface area contributed by atoms with Gasteiger partial charge in [-0.25, -0.2) is 0 Å². The normalized spacial score (nSPS) is 21.5. The predicted octanol–water partition coefficient (Wildman–Crippen LogP) is 3.06. The predicted molar refractivity (Wildman–Crippen MR) is 65.2 cm³/mol. The molecule has 2 heteroatoms. The van der Waals surface area contributed by atoms with Crippen molar-refractivity contribution < 1.29 is 31.3 Å². The molecule has 0 radical (unpaired) electrons. The fourth-order valence-corrected chi connectivity index (χ4v) is 2.03. The minimum absolute atomic E-state index is 0. The Morgan fingerprint density at radius 2 is 1.00 bits per heavy atom. The molecule has 0 saturated carbocycles. The number of hydrogen-bond acceptors (Lipinski definition) is 1. The molecule has 0 saturated heterocycles. The second-order valence-electron chi connectivity index (χ2n) is 4.31. The van der Waals surface area contributed by atoms with E-state index in [1.165, 1.54) is 0 Å². The fraction of sp³-hybridized carbons (Fsp3) is 0.357. The molecule has 0 fully saturated rings. The second-order valence-corrected chi connectivity index (χ2v) is 4.31. The number of rotatable bonds is 2. The van der Waals surface area contributed by atoms with Gasteiger partial charge in [0.1, 0.15) is 0 Å². The largest absolute Gasteiger partial charge is 0.400 e. The van der Waals surface area contributed by atoms with Crippen LogP contribution in [0.25, 0.3) is 0 Å². The van der Waals surface area contributed by atoms with Crippen molar-refractivity contribution in [2.24, 2.45) is 10.8 Å². The van der Waals surface area contributed by atoms with Crippen LogP contribution in [0.4, 0.5) is 0 Å². The standard InChI is InChI=1S/C13H15.CH4O.Zr/c1-12(7-3-4-8-12)11-13(2)9-5-6-10-13;1-2;/h3-11H,1-2H3;2H,1H3;/q-1;;. The molecule has 0 heterocycles. The van der Waals surface area contributed by atoms with Crippen molar-refractivity contribution in [2.75, 3.05) is 7.11 Å². The molecule has 0 unspecified atom stereocenters. The zero-order valence-electron chi connectivity index (χ0n) is 10.1. The van der Waals surface area contributed by atoms with Crippen molar-refractivity contribution >= 4 is 0 Å². The van der Waals surface area contributed by atoms with Crippen molar-refractivity contribution in [3.05, 3.63) is 55.0 Å². The number of aliphatic hydroxyl groups excluding tert-OH is 1. The summed E-state index contributed by atoms with van der Waals surface area (Å²) in [4.78, 5) is 0. The van der Waals surface area contributed by atoms with Crippen LogP contribution in [0.15, 0.2) is 48.6 Å². The Labute approximate surface area is 118 Å². The summed E-state index contributed by atoms with van der Waals surface area (Å²) < 4.78 is 0. The fourth-order valence-electron chi connectivity index (χ4n) is 2.03. The molecule has 1 N–H and O–H groups in total. The molecule has 0 bridgehead atoms. The molecular weight excluding hydrogens is 275 g/mol. The van der Waals surface area contributed by atoms with Crippen molar-refractivity contribution in [2.45, 2.75) is 13.8 Å². The Morgan fingerprint density at radius 3 is 1.25 bits per heavy atom. The van der Waals surface area contributed by atoms with E-state index < -0.39 is 0 Å². The Balaban J connectivity index is 0.000000711. The molecule has 0 aromatic carbocycles. The van der Waals surface area contributed by atoms with Crippen LogP contribution in [0.1, 0.15) is 13.8 Å². The van der Waals surface area contributed by atoms with Gasteiger partial charge in [0, 0.05) is 33.3 Å². The summed E-state index contributed by atoms with van der Waals surface area (Å²) >= 11 is 0. The van der Waals surface area contributed by atoms with Crippen LogP contribution in [0.2, 0.25) is 0 Å². The van der Waals surface area contributed by atoms with Crippen molar-refractivity contribution in [1.29, 1.82) is 0 Å². The van der Waals surface area contributed by atoms with Gasteiger partial charge in [-0.3, -0.25) is 0 Å². The third kappa shape index (κ3) is 3.99. The maximum absolute atomic E-state index is 7.00. The van der Waals surface area contributed by atoms with E-state index in [-0.39, 0.29) is 37.0 Å². The molecule has 2 aliphatic carbocycles. The smallest absolute Gasteiger partial charge is 0.0319 e. The summed E-state index contributed by atoms with van der Waals surface area (Å²) in [6, 6.07) is 0. The van der Waals surface area contributed by atoms with Gasteiger partial charge in [0.25, 0.3) is 0 Å². The van der Waals surface area contributed by atoms with Crippen LogP contribution in [0.5, 0.6) is 0 Å². The summed E-state index contributed by atoms with van der Waals surface area (Å²) in [5, 5.41) is 7.00.